The summed E-state index contributed by atoms with van der Waals surface area (Å²) in [6.07, 6.45) is 0.382. The molecule has 0 radical (unpaired) electrons. The molecule has 2 rings (SSSR count). The summed E-state index contributed by atoms with van der Waals surface area (Å²) in [7, 11) is -3.84. The lowest BCUT2D eigenvalue weighted by molar-refractivity contribution is -0.385. The topological polar surface area (TPSA) is 89.3 Å². The van der Waals surface area contributed by atoms with Gasteiger partial charge in [0.1, 0.15) is 5.82 Å². The van der Waals surface area contributed by atoms with E-state index in [2.05, 4.69) is 4.72 Å². The molecule has 1 N–H and O–H groups in total. The second kappa shape index (κ2) is 6.84. The monoisotopic (exact) mass is 338 g/mol. The van der Waals surface area contributed by atoms with Crippen molar-refractivity contribution < 1.29 is 17.7 Å². The number of hydrogen-bond donors (Lipinski definition) is 1. The molecule has 0 saturated heterocycles. The molecule has 0 aliphatic carbocycles. The van der Waals surface area contributed by atoms with Crippen molar-refractivity contribution in [1.29, 1.82) is 0 Å². The van der Waals surface area contributed by atoms with Crippen LogP contribution in [0.5, 0.6) is 0 Å². The molecule has 2 aromatic carbocycles. The van der Waals surface area contributed by atoms with Gasteiger partial charge in [-0.25, -0.2) is 17.5 Å². The van der Waals surface area contributed by atoms with Crippen molar-refractivity contribution in [2.45, 2.75) is 18.2 Å². The van der Waals surface area contributed by atoms with Gasteiger partial charge in [0.15, 0.2) is 0 Å². The van der Waals surface area contributed by atoms with Crippen LogP contribution < -0.4 is 4.72 Å². The summed E-state index contributed by atoms with van der Waals surface area (Å²) in [5.41, 5.74) is 0.927. The number of aryl methyl sites for hydroxylation is 1. The molecule has 0 atom stereocenters. The molecule has 0 fully saturated rings. The molecule has 0 aromatic heterocycles. The highest BCUT2D eigenvalue weighted by molar-refractivity contribution is 7.89. The number of nitrogens with one attached hydrogen (secondary N) is 1. The van der Waals surface area contributed by atoms with E-state index in [4.69, 9.17) is 0 Å². The van der Waals surface area contributed by atoms with Crippen LogP contribution in [0, 0.1) is 22.9 Å². The Labute approximate surface area is 133 Å². The zero-order valence-corrected chi connectivity index (χ0v) is 13.1. The van der Waals surface area contributed by atoms with Crippen LogP contribution in [0.1, 0.15) is 11.1 Å². The fraction of sp³-hybridized carbons (Fsp3) is 0.200. The lowest BCUT2D eigenvalue weighted by atomic mass is 10.1. The second-order valence-corrected chi connectivity index (χ2v) is 6.75. The molecule has 0 heterocycles. The maximum absolute atomic E-state index is 12.8. The number of hydrogen-bond acceptors (Lipinski definition) is 4. The Morgan fingerprint density at radius 1 is 1.17 bits per heavy atom. The Hall–Kier alpha value is -2.32. The molecule has 0 bridgehead atoms. The van der Waals surface area contributed by atoms with Gasteiger partial charge in [-0.05, 0) is 37.1 Å². The number of nitro benzene ring substituents is 1. The highest BCUT2D eigenvalue weighted by atomic mass is 32.2. The molecule has 0 aliphatic heterocycles. The number of halogens is 1. The van der Waals surface area contributed by atoms with Gasteiger partial charge in [0.05, 0.1) is 9.82 Å². The van der Waals surface area contributed by atoms with Crippen LogP contribution in [0.3, 0.4) is 0 Å². The van der Waals surface area contributed by atoms with Crippen molar-refractivity contribution in [3.63, 3.8) is 0 Å². The van der Waals surface area contributed by atoms with Gasteiger partial charge < -0.3 is 0 Å². The largest absolute Gasteiger partial charge is 0.273 e. The minimum Gasteiger partial charge on any atom is -0.258 e. The average Bonchev–Trinajstić information content (AvgIpc) is 2.49. The third kappa shape index (κ3) is 4.33. The summed E-state index contributed by atoms with van der Waals surface area (Å²) in [4.78, 5) is 10.1. The van der Waals surface area contributed by atoms with Gasteiger partial charge in [-0.15, -0.1) is 0 Å². The maximum atomic E-state index is 12.8. The minimum atomic E-state index is -3.84. The van der Waals surface area contributed by atoms with Crippen LogP contribution in [-0.4, -0.2) is 19.9 Å². The van der Waals surface area contributed by atoms with Crippen LogP contribution >= 0.6 is 0 Å². The predicted octanol–water partition coefficient (Wildman–Crippen LogP) is 2.56. The zero-order valence-electron chi connectivity index (χ0n) is 12.3. The van der Waals surface area contributed by atoms with Crippen molar-refractivity contribution in [3.05, 3.63) is 69.5 Å². The third-order valence-corrected chi connectivity index (χ3v) is 4.77. The van der Waals surface area contributed by atoms with Gasteiger partial charge in [-0.3, -0.25) is 10.1 Å². The van der Waals surface area contributed by atoms with E-state index in [-0.39, 0.29) is 22.9 Å². The van der Waals surface area contributed by atoms with Crippen LogP contribution in [0.2, 0.25) is 0 Å². The van der Waals surface area contributed by atoms with E-state index >= 15 is 0 Å². The summed E-state index contributed by atoms with van der Waals surface area (Å²) >= 11 is 0. The molecule has 0 unspecified atom stereocenters. The fourth-order valence-corrected chi connectivity index (χ4v) is 3.07. The molecule has 122 valence electrons. The first-order valence-corrected chi connectivity index (χ1v) is 8.27. The Bertz CT molecular complexity index is 820. The maximum Gasteiger partial charge on any atom is 0.273 e. The quantitative estimate of drug-likeness (QED) is 0.647. The van der Waals surface area contributed by atoms with Gasteiger partial charge >= 0.3 is 0 Å². The number of rotatable bonds is 6. The van der Waals surface area contributed by atoms with E-state index < -0.39 is 14.9 Å². The number of nitro groups is 1. The summed E-state index contributed by atoms with van der Waals surface area (Å²) in [5.74, 6) is -0.360. The molecule has 8 heteroatoms. The molecule has 0 saturated carbocycles. The number of benzene rings is 2. The summed E-state index contributed by atoms with van der Waals surface area (Å²) in [6.45, 7) is 1.64. The lowest BCUT2D eigenvalue weighted by Gasteiger charge is -2.07. The van der Waals surface area contributed by atoms with E-state index in [0.717, 1.165) is 11.6 Å². The Morgan fingerprint density at radius 2 is 1.83 bits per heavy atom. The second-order valence-electron chi connectivity index (χ2n) is 4.98. The van der Waals surface area contributed by atoms with Crippen molar-refractivity contribution in [2.24, 2.45) is 0 Å². The number of sulfonamides is 1. The van der Waals surface area contributed by atoms with Crippen LogP contribution in [0.25, 0.3) is 0 Å². The number of nitrogens with zero attached hydrogens (tertiary/aromatic N) is 1. The van der Waals surface area contributed by atoms with E-state index in [1.54, 1.807) is 12.1 Å². The lowest BCUT2D eigenvalue weighted by Crippen LogP contribution is -2.26. The van der Waals surface area contributed by atoms with Crippen molar-refractivity contribution in [2.75, 3.05) is 6.54 Å². The highest BCUT2D eigenvalue weighted by Gasteiger charge is 2.19. The molecular weight excluding hydrogens is 323 g/mol. The molecule has 6 nitrogen and oxygen atoms in total. The average molecular weight is 338 g/mol. The van der Waals surface area contributed by atoms with E-state index in [1.807, 2.05) is 0 Å². The van der Waals surface area contributed by atoms with E-state index in [9.17, 15) is 22.9 Å². The van der Waals surface area contributed by atoms with Crippen molar-refractivity contribution >= 4 is 15.7 Å². The van der Waals surface area contributed by atoms with Crippen molar-refractivity contribution in [3.8, 4) is 0 Å². The van der Waals surface area contributed by atoms with Gasteiger partial charge in [0, 0.05) is 18.2 Å². The molecule has 2 aromatic rings. The van der Waals surface area contributed by atoms with Crippen LogP contribution in [0.15, 0.2) is 47.4 Å². The molecule has 0 amide bonds. The summed E-state index contributed by atoms with van der Waals surface area (Å²) < 4.78 is 39.5. The Kier molecular flexibility index (Phi) is 5.07. The first kappa shape index (κ1) is 17.0. The van der Waals surface area contributed by atoms with Gasteiger partial charge in [0.2, 0.25) is 10.0 Å². The minimum absolute atomic E-state index is 0.107. The predicted molar refractivity (Wildman–Crippen MR) is 83.1 cm³/mol. The summed E-state index contributed by atoms with van der Waals surface area (Å²) in [6, 6.07) is 9.49. The normalized spacial score (nSPS) is 11.4. The highest BCUT2D eigenvalue weighted by Crippen LogP contribution is 2.22. The smallest absolute Gasteiger partial charge is 0.258 e. The Morgan fingerprint density at radius 3 is 2.43 bits per heavy atom. The standard InChI is InChI=1S/C15H15FN2O4S/c1-11-2-7-14(10-15(11)18(19)20)23(21,22)17-9-8-12-3-5-13(16)6-4-12/h2-7,10,17H,8-9H2,1H3. The van der Waals surface area contributed by atoms with Crippen LogP contribution in [0.4, 0.5) is 10.1 Å². The molecular formula is C15H15FN2O4S. The fourth-order valence-electron chi connectivity index (χ4n) is 2.02. The SMILES string of the molecule is Cc1ccc(S(=O)(=O)NCCc2ccc(F)cc2)cc1[N+](=O)[O-]. The zero-order chi connectivity index (χ0) is 17.0. The Balaban J connectivity index is 2.08. The van der Waals surface area contributed by atoms with Crippen LogP contribution in [-0.2, 0) is 16.4 Å². The third-order valence-electron chi connectivity index (χ3n) is 3.31. The molecule has 0 aliphatic rings. The first-order chi connectivity index (χ1) is 10.8. The van der Waals surface area contributed by atoms with Gasteiger partial charge in [-0.2, -0.15) is 0 Å². The first-order valence-electron chi connectivity index (χ1n) is 6.79. The van der Waals surface area contributed by atoms with E-state index in [0.29, 0.717) is 12.0 Å². The van der Waals surface area contributed by atoms with Gasteiger partial charge in [-0.1, -0.05) is 18.2 Å². The molecule has 23 heavy (non-hydrogen) atoms. The van der Waals surface area contributed by atoms with E-state index in [1.165, 1.54) is 31.2 Å². The van der Waals surface area contributed by atoms with Crippen molar-refractivity contribution in [1.82, 2.24) is 4.72 Å². The summed E-state index contributed by atoms with van der Waals surface area (Å²) in [5, 5.41) is 10.9. The molecule has 0 spiro atoms. The van der Waals surface area contributed by atoms with Gasteiger partial charge in [0.25, 0.3) is 5.69 Å².